The van der Waals surface area contributed by atoms with E-state index in [1.54, 1.807) is 6.07 Å². The smallest absolute Gasteiger partial charge is 0.311 e. The van der Waals surface area contributed by atoms with E-state index < -0.39 is 11.8 Å². The highest BCUT2D eigenvalue weighted by Crippen LogP contribution is 2.16. The van der Waals surface area contributed by atoms with Crippen molar-refractivity contribution in [1.29, 1.82) is 0 Å². The molecule has 1 rings (SSSR count). The fourth-order valence-electron chi connectivity index (χ4n) is 1.18. The molecule has 0 bridgehead atoms. The van der Waals surface area contributed by atoms with Gasteiger partial charge in [-0.1, -0.05) is 12.1 Å². The topological polar surface area (TPSA) is 52.6 Å². The second kappa shape index (κ2) is 6.62. The number of para-hydroxylation sites is 1. The molecule has 0 aliphatic heterocycles. The van der Waals surface area contributed by atoms with Crippen molar-refractivity contribution in [2.24, 2.45) is 0 Å². The standard InChI is InChI=1S/C12H13FO4/c1-16-11(14)7-4-8-12(15)17-10-6-3-2-5-9(10)13/h2-3,5-6H,4,7-8H2,1H3. The summed E-state index contributed by atoms with van der Waals surface area (Å²) in [5.41, 5.74) is 0. The average molecular weight is 240 g/mol. The molecule has 0 saturated carbocycles. The molecule has 0 atom stereocenters. The summed E-state index contributed by atoms with van der Waals surface area (Å²) >= 11 is 0. The lowest BCUT2D eigenvalue weighted by Crippen LogP contribution is -2.10. The summed E-state index contributed by atoms with van der Waals surface area (Å²) in [7, 11) is 1.28. The van der Waals surface area contributed by atoms with E-state index in [0.29, 0.717) is 6.42 Å². The van der Waals surface area contributed by atoms with Crippen LogP contribution in [0.3, 0.4) is 0 Å². The van der Waals surface area contributed by atoms with Crippen LogP contribution in [0, 0.1) is 5.82 Å². The largest absolute Gasteiger partial charge is 0.469 e. The molecule has 0 N–H and O–H groups in total. The zero-order valence-corrected chi connectivity index (χ0v) is 9.44. The van der Waals surface area contributed by atoms with E-state index >= 15 is 0 Å². The zero-order chi connectivity index (χ0) is 12.7. The van der Waals surface area contributed by atoms with Crippen molar-refractivity contribution in [1.82, 2.24) is 0 Å². The van der Waals surface area contributed by atoms with Gasteiger partial charge in [0, 0.05) is 12.8 Å². The number of benzene rings is 1. The number of carbonyl (C=O) groups is 2. The van der Waals surface area contributed by atoms with Crippen LogP contribution in [0.25, 0.3) is 0 Å². The molecule has 0 amide bonds. The highest BCUT2D eigenvalue weighted by atomic mass is 19.1. The van der Waals surface area contributed by atoms with Gasteiger partial charge in [-0.2, -0.15) is 0 Å². The lowest BCUT2D eigenvalue weighted by molar-refractivity contribution is -0.141. The third kappa shape index (κ3) is 4.63. The average Bonchev–Trinajstić information content (AvgIpc) is 2.32. The maximum atomic E-state index is 13.1. The van der Waals surface area contributed by atoms with Gasteiger partial charge in [0.2, 0.25) is 0 Å². The molecule has 0 saturated heterocycles. The molecule has 1 aromatic carbocycles. The first-order chi connectivity index (χ1) is 8.13. The Morgan fingerprint density at radius 3 is 2.47 bits per heavy atom. The molecule has 0 aromatic heterocycles. The first-order valence-electron chi connectivity index (χ1n) is 5.15. The Morgan fingerprint density at radius 2 is 1.82 bits per heavy atom. The van der Waals surface area contributed by atoms with Crippen molar-refractivity contribution < 1.29 is 23.5 Å². The maximum absolute atomic E-state index is 13.1. The predicted molar refractivity (Wildman–Crippen MR) is 57.9 cm³/mol. The lowest BCUT2D eigenvalue weighted by Gasteiger charge is -2.04. The summed E-state index contributed by atoms with van der Waals surface area (Å²) in [5.74, 6) is -1.65. The molecule has 92 valence electrons. The molecular formula is C12H13FO4. The SMILES string of the molecule is COC(=O)CCCC(=O)Oc1ccccc1F. The zero-order valence-electron chi connectivity index (χ0n) is 9.44. The van der Waals surface area contributed by atoms with Crippen molar-refractivity contribution in [3.05, 3.63) is 30.1 Å². The van der Waals surface area contributed by atoms with E-state index in [9.17, 15) is 14.0 Å². The van der Waals surface area contributed by atoms with Crippen LogP contribution in [0.2, 0.25) is 0 Å². The van der Waals surface area contributed by atoms with Gasteiger partial charge in [0.25, 0.3) is 0 Å². The van der Waals surface area contributed by atoms with E-state index in [1.807, 2.05) is 0 Å². The lowest BCUT2D eigenvalue weighted by atomic mass is 10.2. The van der Waals surface area contributed by atoms with Crippen LogP contribution >= 0.6 is 0 Å². The van der Waals surface area contributed by atoms with Gasteiger partial charge in [0.15, 0.2) is 11.6 Å². The normalized spacial score (nSPS) is 9.76. The number of carbonyl (C=O) groups excluding carboxylic acids is 2. The number of methoxy groups -OCH3 is 1. The summed E-state index contributed by atoms with van der Waals surface area (Å²) < 4.78 is 22.3. The molecule has 0 heterocycles. The van der Waals surface area contributed by atoms with E-state index in [2.05, 4.69) is 4.74 Å². The Kier molecular flexibility index (Phi) is 5.13. The van der Waals surface area contributed by atoms with E-state index in [4.69, 9.17) is 4.74 Å². The van der Waals surface area contributed by atoms with Gasteiger partial charge in [-0.3, -0.25) is 9.59 Å². The Morgan fingerprint density at radius 1 is 1.18 bits per heavy atom. The van der Waals surface area contributed by atoms with Crippen molar-refractivity contribution in [2.45, 2.75) is 19.3 Å². The third-order valence-corrected chi connectivity index (χ3v) is 2.05. The van der Waals surface area contributed by atoms with Crippen LogP contribution in [0.15, 0.2) is 24.3 Å². The monoisotopic (exact) mass is 240 g/mol. The fraction of sp³-hybridized carbons (Fsp3) is 0.333. The predicted octanol–water partition coefficient (Wildman–Crippen LogP) is 2.07. The minimum atomic E-state index is -0.589. The van der Waals surface area contributed by atoms with Crippen LogP contribution in [0.4, 0.5) is 4.39 Å². The second-order valence-electron chi connectivity index (χ2n) is 3.33. The molecule has 4 nitrogen and oxygen atoms in total. The minimum Gasteiger partial charge on any atom is -0.469 e. The molecule has 17 heavy (non-hydrogen) atoms. The third-order valence-electron chi connectivity index (χ3n) is 2.05. The Balaban J connectivity index is 2.35. The van der Waals surface area contributed by atoms with Gasteiger partial charge in [-0.15, -0.1) is 0 Å². The quantitative estimate of drug-likeness (QED) is 0.584. The van der Waals surface area contributed by atoms with Gasteiger partial charge < -0.3 is 9.47 Å². The maximum Gasteiger partial charge on any atom is 0.311 e. The fourth-order valence-corrected chi connectivity index (χ4v) is 1.18. The van der Waals surface area contributed by atoms with Crippen molar-refractivity contribution in [3.8, 4) is 5.75 Å². The summed E-state index contributed by atoms with van der Waals surface area (Å²) in [6.45, 7) is 0. The second-order valence-corrected chi connectivity index (χ2v) is 3.33. The molecule has 1 aromatic rings. The van der Waals surface area contributed by atoms with Gasteiger partial charge in [0.1, 0.15) is 0 Å². The Bertz CT molecular complexity index is 403. The molecule has 0 fully saturated rings. The number of hydrogen-bond acceptors (Lipinski definition) is 4. The van der Waals surface area contributed by atoms with Crippen molar-refractivity contribution in [2.75, 3.05) is 7.11 Å². The summed E-state index contributed by atoms with van der Waals surface area (Å²) in [6.07, 6.45) is 0.506. The van der Waals surface area contributed by atoms with Crippen molar-refractivity contribution in [3.63, 3.8) is 0 Å². The number of ether oxygens (including phenoxy) is 2. The van der Waals surface area contributed by atoms with Crippen LogP contribution in [-0.4, -0.2) is 19.0 Å². The molecule has 0 unspecified atom stereocenters. The summed E-state index contributed by atoms with van der Waals surface area (Å²) in [4.78, 5) is 22.1. The highest BCUT2D eigenvalue weighted by molar-refractivity contribution is 5.74. The number of rotatable bonds is 5. The molecule has 0 radical (unpaired) electrons. The van der Waals surface area contributed by atoms with Gasteiger partial charge in [0.05, 0.1) is 7.11 Å². The summed E-state index contributed by atoms with van der Waals surface area (Å²) in [6, 6.07) is 5.65. The van der Waals surface area contributed by atoms with Crippen LogP contribution < -0.4 is 4.74 Å². The number of hydrogen-bond donors (Lipinski definition) is 0. The van der Waals surface area contributed by atoms with Gasteiger partial charge in [-0.25, -0.2) is 4.39 Å². The highest BCUT2D eigenvalue weighted by Gasteiger charge is 2.09. The van der Waals surface area contributed by atoms with Gasteiger partial charge in [-0.05, 0) is 18.6 Å². The molecule has 0 aliphatic rings. The van der Waals surface area contributed by atoms with E-state index in [0.717, 1.165) is 0 Å². The number of esters is 2. The van der Waals surface area contributed by atoms with E-state index in [-0.39, 0.29) is 24.6 Å². The Hall–Kier alpha value is -1.91. The Labute approximate surface area is 98.3 Å². The first kappa shape index (κ1) is 13.2. The van der Waals surface area contributed by atoms with Gasteiger partial charge >= 0.3 is 11.9 Å². The molecule has 0 spiro atoms. The minimum absolute atomic E-state index is 0.0451. The summed E-state index contributed by atoms with van der Waals surface area (Å²) in [5, 5.41) is 0. The van der Waals surface area contributed by atoms with Crippen LogP contribution in [0.5, 0.6) is 5.75 Å². The van der Waals surface area contributed by atoms with Crippen LogP contribution in [0.1, 0.15) is 19.3 Å². The number of halogens is 1. The van der Waals surface area contributed by atoms with Crippen LogP contribution in [-0.2, 0) is 14.3 Å². The molecular weight excluding hydrogens is 227 g/mol. The molecule has 5 heteroatoms. The van der Waals surface area contributed by atoms with E-state index in [1.165, 1.54) is 25.3 Å². The van der Waals surface area contributed by atoms with Crippen molar-refractivity contribution >= 4 is 11.9 Å². The molecule has 0 aliphatic carbocycles. The first-order valence-corrected chi connectivity index (χ1v) is 5.15.